The highest BCUT2D eigenvalue weighted by atomic mass is 32.1. The summed E-state index contributed by atoms with van der Waals surface area (Å²) in [6.45, 7) is 3.32. The van der Waals surface area contributed by atoms with Gasteiger partial charge < -0.3 is 4.84 Å². The van der Waals surface area contributed by atoms with Crippen LogP contribution in [0.1, 0.15) is 16.7 Å². The van der Waals surface area contributed by atoms with Crippen LogP contribution in [0.5, 0.6) is 0 Å². The summed E-state index contributed by atoms with van der Waals surface area (Å²) < 4.78 is 0. The molecule has 0 aliphatic carbocycles. The molecule has 64 valence electrons. The molecule has 0 bridgehead atoms. The molecular formula is C8H9NO2S. The van der Waals surface area contributed by atoms with Crippen molar-refractivity contribution in [3.05, 3.63) is 21.9 Å². The highest BCUT2D eigenvalue weighted by molar-refractivity contribution is 7.13. The van der Waals surface area contributed by atoms with Crippen LogP contribution in [-0.4, -0.2) is 12.2 Å². The number of hydrogen-bond acceptors (Lipinski definition) is 4. The monoisotopic (exact) mass is 183 g/mol. The van der Waals surface area contributed by atoms with Gasteiger partial charge in [0.25, 0.3) is 0 Å². The topological polar surface area (TPSA) is 38.7 Å². The maximum Gasteiger partial charge on any atom is 0.331 e. The zero-order valence-electron chi connectivity index (χ0n) is 6.90. The van der Waals surface area contributed by atoms with Crippen LogP contribution in [0.2, 0.25) is 0 Å². The predicted octanol–water partition coefficient (Wildman–Crippen LogP) is 1.95. The molecule has 0 saturated carbocycles. The van der Waals surface area contributed by atoms with Crippen molar-refractivity contribution in [3.8, 4) is 0 Å². The summed E-state index contributed by atoms with van der Waals surface area (Å²) in [5, 5.41) is 3.49. The Labute approximate surface area is 74.7 Å². The summed E-state index contributed by atoms with van der Waals surface area (Å²) in [5.74, 6) is -0.403. The van der Waals surface area contributed by atoms with Crippen LogP contribution < -0.4 is 0 Å². The zero-order chi connectivity index (χ0) is 8.97. The van der Waals surface area contributed by atoms with Crippen LogP contribution in [0.25, 0.3) is 0 Å². The summed E-state index contributed by atoms with van der Waals surface area (Å²) in [7, 11) is 0. The lowest BCUT2D eigenvalue weighted by Gasteiger charge is -1.86. The largest absolute Gasteiger partial charge is 0.331 e. The summed E-state index contributed by atoms with van der Waals surface area (Å²) in [6.07, 6.45) is 1.53. The predicted molar refractivity (Wildman–Crippen MR) is 48.4 cm³/mol. The first kappa shape index (κ1) is 8.93. The van der Waals surface area contributed by atoms with Gasteiger partial charge in [-0.05, 0) is 19.1 Å². The molecule has 1 heterocycles. The van der Waals surface area contributed by atoms with Gasteiger partial charge in [0.2, 0.25) is 0 Å². The number of aryl methyl sites for hydroxylation is 1. The average Bonchev–Trinajstić information content (AvgIpc) is 2.35. The highest BCUT2D eigenvalue weighted by Crippen LogP contribution is 2.12. The fourth-order valence-electron chi connectivity index (χ4n) is 0.675. The molecule has 1 rings (SSSR count). The van der Waals surface area contributed by atoms with E-state index in [0.717, 1.165) is 4.88 Å². The van der Waals surface area contributed by atoms with Gasteiger partial charge in [0, 0.05) is 16.7 Å². The second-order valence-corrected chi connectivity index (χ2v) is 3.59. The third-order valence-electron chi connectivity index (χ3n) is 1.12. The molecule has 0 spiro atoms. The number of oxime groups is 1. The first-order chi connectivity index (χ1) is 5.68. The van der Waals surface area contributed by atoms with Crippen molar-refractivity contribution in [1.29, 1.82) is 0 Å². The zero-order valence-corrected chi connectivity index (χ0v) is 7.72. The fourth-order valence-corrected chi connectivity index (χ4v) is 1.42. The third kappa shape index (κ3) is 2.84. The second kappa shape index (κ2) is 4.01. The van der Waals surface area contributed by atoms with E-state index < -0.39 is 5.97 Å². The van der Waals surface area contributed by atoms with Crippen molar-refractivity contribution in [2.75, 3.05) is 0 Å². The van der Waals surface area contributed by atoms with E-state index in [9.17, 15) is 4.79 Å². The molecule has 0 saturated heterocycles. The van der Waals surface area contributed by atoms with E-state index in [0.29, 0.717) is 0 Å². The average molecular weight is 183 g/mol. The normalized spacial score (nSPS) is 10.5. The molecule has 0 amide bonds. The molecule has 4 heteroatoms. The molecular weight excluding hydrogens is 174 g/mol. The van der Waals surface area contributed by atoms with E-state index in [1.807, 2.05) is 19.1 Å². The van der Waals surface area contributed by atoms with E-state index in [1.165, 1.54) is 18.0 Å². The van der Waals surface area contributed by atoms with Crippen molar-refractivity contribution >= 4 is 23.5 Å². The standard InChI is InChI=1S/C8H9NO2S/c1-6-3-4-8(12-6)5-9-11-7(2)10/h3-5H,1-2H3/b9-5+. The Hall–Kier alpha value is -1.16. The number of thiophene rings is 1. The van der Waals surface area contributed by atoms with Gasteiger partial charge in [-0.3, -0.25) is 0 Å². The molecule has 1 aromatic heterocycles. The fraction of sp³-hybridized carbons (Fsp3) is 0.250. The van der Waals surface area contributed by atoms with Crippen molar-refractivity contribution < 1.29 is 9.63 Å². The smallest absolute Gasteiger partial charge is 0.319 e. The third-order valence-corrected chi connectivity index (χ3v) is 2.06. The van der Waals surface area contributed by atoms with Crippen molar-refractivity contribution in [3.63, 3.8) is 0 Å². The minimum absolute atomic E-state index is 0.403. The molecule has 0 radical (unpaired) electrons. The molecule has 0 unspecified atom stereocenters. The van der Waals surface area contributed by atoms with Gasteiger partial charge >= 0.3 is 5.97 Å². The molecule has 0 atom stereocenters. The van der Waals surface area contributed by atoms with Gasteiger partial charge in [0.1, 0.15) is 0 Å². The van der Waals surface area contributed by atoms with Crippen LogP contribution in [-0.2, 0) is 9.63 Å². The minimum Gasteiger partial charge on any atom is -0.319 e. The van der Waals surface area contributed by atoms with Gasteiger partial charge in [-0.25, -0.2) is 4.79 Å². The molecule has 12 heavy (non-hydrogen) atoms. The van der Waals surface area contributed by atoms with Gasteiger partial charge in [-0.1, -0.05) is 5.16 Å². The molecule has 3 nitrogen and oxygen atoms in total. The van der Waals surface area contributed by atoms with Crippen LogP contribution in [0, 0.1) is 6.92 Å². The van der Waals surface area contributed by atoms with Crippen LogP contribution in [0.4, 0.5) is 0 Å². The number of nitrogens with zero attached hydrogens (tertiary/aromatic N) is 1. The Morgan fingerprint density at radius 1 is 1.67 bits per heavy atom. The number of hydrogen-bond donors (Lipinski definition) is 0. The minimum atomic E-state index is -0.403. The Kier molecular flexibility index (Phi) is 2.99. The Balaban J connectivity index is 2.52. The molecule has 0 fully saturated rings. The van der Waals surface area contributed by atoms with Crippen molar-refractivity contribution in [1.82, 2.24) is 0 Å². The molecule has 0 N–H and O–H groups in total. The lowest BCUT2D eigenvalue weighted by molar-refractivity contribution is -0.140. The number of rotatable bonds is 2. The quantitative estimate of drug-likeness (QED) is 0.399. The number of carbonyl (C=O) groups is 1. The maximum absolute atomic E-state index is 10.3. The summed E-state index contributed by atoms with van der Waals surface area (Å²) in [5.41, 5.74) is 0. The molecule has 0 aromatic carbocycles. The molecule has 1 aromatic rings. The first-order valence-electron chi connectivity index (χ1n) is 3.46. The lowest BCUT2D eigenvalue weighted by Crippen LogP contribution is -1.90. The van der Waals surface area contributed by atoms with E-state index in [1.54, 1.807) is 11.3 Å². The summed E-state index contributed by atoms with van der Waals surface area (Å²) in [4.78, 5) is 16.9. The first-order valence-corrected chi connectivity index (χ1v) is 4.27. The van der Waals surface area contributed by atoms with Crippen LogP contribution >= 0.6 is 11.3 Å². The van der Waals surface area contributed by atoms with Gasteiger partial charge in [-0.2, -0.15) is 0 Å². The van der Waals surface area contributed by atoms with E-state index >= 15 is 0 Å². The number of carbonyl (C=O) groups excluding carboxylic acids is 1. The van der Waals surface area contributed by atoms with E-state index in [-0.39, 0.29) is 0 Å². The Morgan fingerprint density at radius 3 is 2.92 bits per heavy atom. The van der Waals surface area contributed by atoms with Crippen molar-refractivity contribution in [2.45, 2.75) is 13.8 Å². The van der Waals surface area contributed by atoms with Crippen LogP contribution in [0.3, 0.4) is 0 Å². The summed E-state index contributed by atoms with van der Waals surface area (Å²) >= 11 is 1.60. The Morgan fingerprint density at radius 2 is 2.42 bits per heavy atom. The molecule has 0 aliphatic heterocycles. The van der Waals surface area contributed by atoms with Crippen molar-refractivity contribution in [2.24, 2.45) is 5.16 Å². The van der Waals surface area contributed by atoms with Gasteiger partial charge in [-0.15, -0.1) is 11.3 Å². The lowest BCUT2D eigenvalue weighted by atomic mass is 10.4. The van der Waals surface area contributed by atoms with E-state index in [4.69, 9.17) is 0 Å². The summed E-state index contributed by atoms with van der Waals surface area (Å²) in [6, 6.07) is 3.91. The Bertz CT molecular complexity index is 304. The molecule has 0 aliphatic rings. The highest BCUT2D eigenvalue weighted by Gasteiger charge is 1.92. The maximum atomic E-state index is 10.3. The van der Waals surface area contributed by atoms with E-state index in [2.05, 4.69) is 9.99 Å². The van der Waals surface area contributed by atoms with Gasteiger partial charge in [0.15, 0.2) is 0 Å². The second-order valence-electron chi connectivity index (χ2n) is 2.27. The van der Waals surface area contributed by atoms with Gasteiger partial charge in [0.05, 0.1) is 6.21 Å². The van der Waals surface area contributed by atoms with Crippen LogP contribution in [0.15, 0.2) is 17.3 Å². The SMILES string of the molecule is CC(=O)O/N=C/c1ccc(C)s1.